The Hall–Kier alpha value is -4.39. The third-order valence-corrected chi connectivity index (χ3v) is 8.75. The molecule has 300 valence electrons. The second-order valence-corrected chi connectivity index (χ2v) is 16.3. The summed E-state index contributed by atoms with van der Waals surface area (Å²) in [4.78, 5) is 78.2. The number of rotatable bonds is 15. The largest absolute Gasteiger partial charge is 0.481 e. The standard InChI is InChI=1S/C31H45N7O15S/c1-28(2,3)26(44)48-14-37(15-49-27(45)29(4,5)6)31(25(42)43,10-9-17(39)40)24(41)36-21-18-22(34-12-33-21)38(13-35-18)23-20-19(52-30(7,8)53-20)16(51-23)11-50-54(32,46)47/h12-13,16,19-20,23H,9-11,14-15H2,1-8H3,(H,39,40)(H,42,43)(H2,32,46,47)(H,33,34,36,41)/t16-,19-,20-,23-,31?/m1/s1. The van der Waals surface area contributed by atoms with E-state index in [9.17, 15) is 42.6 Å². The van der Waals surface area contributed by atoms with Gasteiger partial charge in [-0.1, -0.05) is 0 Å². The minimum atomic E-state index is -4.34. The molecule has 0 aliphatic carbocycles. The predicted molar refractivity (Wildman–Crippen MR) is 181 cm³/mol. The third-order valence-electron chi connectivity index (χ3n) is 8.28. The fraction of sp³-hybridized carbons (Fsp3) is 0.677. The molecule has 2 aliphatic rings. The number of nitrogens with one attached hydrogen (secondary N) is 1. The van der Waals surface area contributed by atoms with Crippen LogP contribution in [0.3, 0.4) is 0 Å². The van der Waals surface area contributed by atoms with Crippen LogP contribution in [0, 0.1) is 10.8 Å². The number of amides is 1. The highest BCUT2D eigenvalue weighted by Gasteiger charge is 2.57. The van der Waals surface area contributed by atoms with Crippen molar-refractivity contribution in [2.24, 2.45) is 16.0 Å². The molecule has 22 nitrogen and oxygen atoms in total. The molecule has 2 saturated heterocycles. The number of carboxylic acids is 2. The van der Waals surface area contributed by atoms with E-state index in [-0.39, 0.29) is 17.0 Å². The monoisotopic (exact) mass is 787 g/mol. The Morgan fingerprint density at radius 1 is 0.963 bits per heavy atom. The molecule has 0 spiro atoms. The summed E-state index contributed by atoms with van der Waals surface area (Å²) in [7, 11) is -4.34. The minimum Gasteiger partial charge on any atom is -0.481 e. The van der Waals surface area contributed by atoms with Gasteiger partial charge in [-0.2, -0.15) is 8.42 Å². The van der Waals surface area contributed by atoms with E-state index in [4.69, 9.17) is 33.0 Å². The summed E-state index contributed by atoms with van der Waals surface area (Å²) in [5.74, 6) is -7.72. The predicted octanol–water partition coefficient (Wildman–Crippen LogP) is 0.486. The first kappa shape index (κ1) is 42.4. The molecule has 5 N–H and O–H groups in total. The third kappa shape index (κ3) is 9.45. The van der Waals surface area contributed by atoms with Gasteiger partial charge in [0.25, 0.3) is 5.91 Å². The van der Waals surface area contributed by atoms with Crippen LogP contribution in [0.15, 0.2) is 12.7 Å². The van der Waals surface area contributed by atoms with Crippen molar-refractivity contribution in [3.63, 3.8) is 0 Å². The number of imidazole rings is 1. The molecular weight excluding hydrogens is 742 g/mol. The summed E-state index contributed by atoms with van der Waals surface area (Å²) in [6.07, 6.45) is -3.19. The molecule has 2 aromatic rings. The fourth-order valence-electron chi connectivity index (χ4n) is 5.53. The molecule has 4 rings (SSSR count). The fourth-order valence-corrected chi connectivity index (χ4v) is 5.85. The van der Waals surface area contributed by atoms with Gasteiger partial charge >= 0.3 is 34.2 Å². The average Bonchev–Trinajstić information content (AvgIpc) is 3.70. The Morgan fingerprint density at radius 3 is 2.06 bits per heavy atom. The number of aliphatic carboxylic acids is 2. The van der Waals surface area contributed by atoms with Gasteiger partial charge in [0.05, 0.1) is 23.8 Å². The van der Waals surface area contributed by atoms with Crippen molar-refractivity contribution in [3.05, 3.63) is 12.7 Å². The first-order valence-electron chi connectivity index (χ1n) is 16.5. The highest BCUT2D eigenvalue weighted by Crippen LogP contribution is 2.44. The number of nitrogens with zero attached hydrogens (tertiary/aromatic N) is 5. The Kier molecular flexibility index (Phi) is 12.1. The topological polar surface area (TPSA) is 300 Å². The van der Waals surface area contributed by atoms with Gasteiger partial charge in [-0.3, -0.25) is 27.9 Å². The van der Waals surface area contributed by atoms with Crippen LogP contribution in [0.25, 0.3) is 11.2 Å². The number of ether oxygens (including phenoxy) is 5. The molecule has 5 atom stereocenters. The Bertz CT molecular complexity index is 1860. The van der Waals surface area contributed by atoms with Crippen LogP contribution in [-0.2, 0) is 62.1 Å². The van der Waals surface area contributed by atoms with Crippen molar-refractivity contribution in [2.75, 3.05) is 25.4 Å². The van der Waals surface area contributed by atoms with Crippen LogP contribution in [0.2, 0.25) is 0 Å². The summed E-state index contributed by atoms with van der Waals surface area (Å²) in [6, 6.07) is 0. The van der Waals surface area contributed by atoms with Crippen LogP contribution in [0.1, 0.15) is 74.5 Å². The van der Waals surface area contributed by atoms with Crippen LogP contribution >= 0.6 is 0 Å². The summed E-state index contributed by atoms with van der Waals surface area (Å²) in [5.41, 5.74) is -5.04. The Morgan fingerprint density at radius 2 is 1.54 bits per heavy atom. The quantitative estimate of drug-likeness (QED) is 0.108. The van der Waals surface area contributed by atoms with E-state index in [0.29, 0.717) is 0 Å². The SMILES string of the molecule is CC1(C)O[C@@H]2[C@H](O1)[C@@H](COS(N)(=O)=O)O[C@H]2n1cnc2c(NC(=O)C(CCC(=O)O)(C(=O)O)N(COC(=O)C(C)(C)C)COC(=O)C(C)(C)C)ncnc21. The number of carbonyl (C=O) groups excluding carboxylic acids is 3. The summed E-state index contributed by atoms with van der Waals surface area (Å²) >= 11 is 0. The van der Waals surface area contributed by atoms with E-state index in [1.165, 1.54) is 52.4 Å². The highest BCUT2D eigenvalue weighted by atomic mass is 32.2. The molecule has 2 fully saturated rings. The molecule has 1 unspecified atom stereocenters. The van der Waals surface area contributed by atoms with Gasteiger partial charge in [0.2, 0.25) is 5.54 Å². The summed E-state index contributed by atoms with van der Waals surface area (Å²) in [5, 5.41) is 27.7. The van der Waals surface area contributed by atoms with Crippen LogP contribution in [0.4, 0.5) is 5.82 Å². The molecule has 2 aromatic heterocycles. The van der Waals surface area contributed by atoms with Crippen molar-refractivity contribution in [1.82, 2.24) is 24.4 Å². The molecule has 0 radical (unpaired) electrons. The smallest absolute Gasteiger partial charge is 0.334 e. The van der Waals surface area contributed by atoms with E-state index >= 15 is 0 Å². The zero-order valence-corrected chi connectivity index (χ0v) is 31.7. The first-order chi connectivity index (χ1) is 24.8. The number of fused-ring (bicyclic) bond motifs is 2. The zero-order valence-electron chi connectivity index (χ0n) is 30.9. The molecule has 23 heteroatoms. The number of esters is 2. The highest BCUT2D eigenvalue weighted by molar-refractivity contribution is 7.84. The number of carboxylic acid groups (broad SMARTS) is 2. The van der Waals surface area contributed by atoms with Crippen LogP contribution in [0.5, 0.6) is 0 Å². The van der Waals surface area contributed by atoms with Gasteiger partial charge in [0.1, 0.15) is 38.1 Å². The Balaban J connectivity index is 1.74. The van der Waals surface area contributed by atoms with Crippen LogP contribution < -0.4 is 10.5 Å². The van der Waals surface area contributed by atoms with Gasteiger partial charge in [-0.25, -0.2) is 29.8 Å². The molecule has 2 aliphatic heterocycles. The lowest BCUT2D eigenvalue weighted by Gasteiger charge is -2.38. The van der Waals surface area contributed by atoms with E-state index in [0.717, 1.165) is 11.2 Å². The molecule has 1 amide bonds. The van der Waals surface area contributed by atoms with Crippen molar-refractivity contribution < 1.29 is 70.5 Å². The zero-order chi connectivity index (χ0) is 40.6. The maximum atomic E-state index is 14.3. The first-order valence-corrected chi connectivity index (χ1v) is 18.0. The molecular formula is C31H45N7O15S. The van der Waals surface area contributed by atoms with Crippen molar-refractivity contribution in [1.29, 1.82) is 0 Å². The number of anilines is 1. The van der Waals surface area contributed by atoms with E-state index < -0.39 is 120 Å². The second-order valence-electron chi connectivity index (χ2n) is 15.1. The number of hydrogen-bond acceptors (Lipinski definition) is 17. The lowest BCUT2D eigenvalue weighted by molar-refractivity contribution is -0.198. The number of carbonyl (C=O) groups is 5. The Labute approximate surface area is 309 Å². The van der Waals surface area contributed by atoms with Gasteiger partial charge < -0.3 is 39.2 Å². The van der Waals surface area contributed by atoms with Crippen molar-refractivity contribution in [2.45, 2.75) is 104 Å². The van der Waals surface area contributed by atoms with Crippen molar-refractivity contribution >= 4 is 57.1 Å². The molecule has 0 bridgehead atoms. The van der Waals surface area contributed by atoms with Gasteiger partial charge in [0, 0.05) is 6.42 Å². The van der Waals surface area contributed by atoms with E-state index in [1.54, 1.807) is 13.8 Å². The summed E-state index contributed by atoms with van der Waals surface area (Å²) in [6.45, 7) is 10.1. The molecule has 0 aromatic carbocycles. The number of nitrogens with two attached hydrogens (primary N) is 1. The van der Waals surface area contributed by atoms with E-state index in [2.05, 4.69) is 20.3 Å². The maximum absolute atomic E-state index is 14.3. The summed E-state index contributed by atoms with van der Waals surface area (Å²) < 4.78 is 57.9. The van der Waals surface area contributed by atoms with Gasteiger partial charge in [0.15, 0.2) is 29.0 Å². The average molecular weight is 788 g/mol. The second kappa shape index (κ2) is 15.4. The van der Waals surface area contributed by atoms with Gasteiger partial charge in [-0.15, -0.1) is 0 Å². The maximum Gasteiger partial charge on any atom is 0.334 e. The van der Waals surface area contributed by atoms with Crippen LogP contribution in [-0.4, -0.2) is 123 Å². The molecule has 54 heavy (non-hydrogen) atoms. The molecule has 4 heterocycles. The number of hydrogen-bond donors (Lipinski definition) is 4. The normalized spacial score (nSPS) is 22.4. The molecule has 0 saturated carbocycles. The number of aromatic nitrogens is 4. The minimum absolute atomic E-state index is 0.0342. The lowest BCUT2D eigenvalue weighted by atomic mass is 9.90. The van der Waals surface area contributed by atoms with E-state index in [1.807, 2.05) is 0 Å². The van der Waals surface area contributed by atoms with Crippen molar-refractivity contribution in [3.8, 4) is 0 Å². The van der Waals surface area contributed by atoms with Gasteiger partial charge in [-0.05, 0) is 61.8 Å². The lowest BCUT2D eigenvalue weighted by Crippen LogP contribution is -2.63.